The monoisotopic (exact) mass is 466 g/mol. The minimum absolute atomic E-state index is 0.0182. The molecule has 4 rings (SSSR count). The lowest BCUT2D eigenvalue weighted by molar-refractivity contribution is -0.146. The maximum Gasteiger partial charge on any atom is 0.306 e. The molecule has 0 aliphatic heterocycles. The van der Waals surface area contributed by atoms with Crippen molar-refractivity contribution in [2.45, 2.75) is 52.6 Å². The molecule has 4 atom stereocenters. The van der Waals surface area contributed by atoms with Crippen LogP contribution < -0.4 is 5.32 Å². The summed E-state index contributed by atoms with van der Waals surface area (Å²) in [6.07, 6.45) is 5.47. The summed E-state index contributed by atoms with van der Waals surface area (Å²) in [5, 5.41) is 24.8. The molecule has 8 heteroatoms. The lowest BCUT2D eigenvalue weighted by atomic mass is 9.69. The molecule has 0 unspecified atom stereocenters. The SMILES string of the molecule is Cc1cc(Nc2nccc(C)n2)cc(-c2cnc([C@](C)(O)[C@@H]3CC[C@@H](C(=O)O)[C@@H](C)C3)s2)c1. The first kappa shape index (κ1) is 23.3. The number of hydrogen-bond acceptors (Lipinski definition) is 7. The van der Waals surface area contributed by atoms with E-state index in [-0.39, 0.29) is 17.8 Å². The van der Waals surface area contributed by atoms with Crippen LogP contribution in [0.25, 0.3) is 10.4 Å². The highest BCUT2D eigenvalue weighted by molar-refractivity contribution is 7.15. The van der Waals surface area contributed by atoms with Crippen LogP contribution in [0.2, 0.25) is 0 Å². The van der Waals surface area contributed by atoms with E-state index >= 15 is 0 Å². The fraction of sp³-hybridized carbons (Fsp3) is 0.440. The summed E-state index contributed by atoms with van der Waals surface area (Å²) in [6.45, 7) is 7.74. The Balaban J connectivity index is 1.55. The Bertz CT molecular complexity index is 1160. The average molecular weight is 467 g/mol. The first-order valence-corrected chi connectivity index (χ1v) is 12.1. The Morgan fingerprint density at radius 2 is 2.00 bits per heavy atom. The lowest BCUT2D eigenvalue weighted by Crippen LogP contribution is -2.39. The lowest BCUT2D eigenvalue weighted by Gasteiger charge is -2.39. The van der Waals surface area contributed by atoms with Crippen LogP contribution in [0, 0.1) is 31.6 Å². The summed E-state index contributed by atoms with van der Waals surface area (Å²) in [6, 6.07) is 8.02. The van der Waals surface area contributed by atoms with Crippen molar-refractivity contribution < 1.29 is 15.0 Å². The zero-order valence-electron chi connectivity index (χ0n) is 19.4. The third-order valence-electron chi connectivity index (χ3n) is 6.63. The topological polar surface area (TPSA) is 108 Å². The number of aliphatic carboxylic acids is 1. The quantitative estimate of drug-likeness (QED) is 0.452. The first-order chi connectivity index (χ1) is 15.6. The number of aryl methyl sites for hydroxylation is 2. The normalized spacial score (nSPS) is 22.5. The molecule has 0 amide bonds. The summed E-state index contributed by atoms with van der Waals surface area (Å²) in [5.74, 6) is -0.515. The number of nitrogens with zero attached hydrogens (tertiary/aromatic N) is 3. The number of aromatic nitrogens is 3. The van der Waals surface area contributed by atoms with E-state index in [0.717, 1.165) is 27.4 Å². The van der Waals surface area contributed by atoms with Crippen LogP contribution in [-0.2, 0) is 10.4 Å². The fourth-order valence-electron chi connectivity index (χ4n) is 4.73. The molecule has 7 nitrogen and oxygen atoms in total. The molecule has 33 heavy (non-hydrogen) atoms. The van der Waals surface area contributed by atoms with Gasteiger partial charge in [-0.2, -0.15) is 0 Å². The summed E-state index contributed by atoms with van der Waals surface area (Å²) < 4.78 is 0. The second kappa shape index (κ2) is 9.19. The number of carbonyl (C=O) groups is 1. The predicted molar refractivity (Wildman–Crippen MR) is 130 cm³/mol. The zero-order chi connectivity index (χ0) is 23.8. The van der Waals surface area contributed by atoms with Crippen LogP contribution in [0.1, 0.15) is 49.4 Å². The van der Waals surface area contributed by atoms with Gasteiger partial charge in [-0.25, -0.2) is 15.0 Å². The number of rotatable bonds is 6. The van der Waals surface area contributed by atoms with Gasteiger partial charge in [-0.1, -0.05) is 13.0 Å². The first-order valence-electron chi connectivity index (χ1n) is 11.2. The van der Waals surface area contributed by atoms with E-state index in [9.17, 15) is 15.0 Å². The molecule has 2 aromatic heterocycles. The standard InChI is InChI=1S/C25H30N4O3S/c1-14-9-17(12-19(10-14)29-24-26-8-7-16(3)28-24)21-13-27-23(33-21)25(4,32)18-5-6-20(22(30)31)15(2)11-18/h7-10,12-13,15,18,20,32H,5-6,11H2,1-4H3,(H,30,31)(H,26,28,29)/t15-,18+,20+,25+/m0/s1. The molecule has 1 aliphatic carbocycles. The summed E-state index contributed by atoms with van der Waals surface area (Å²) in [4.78, 5) is 25.7. The number of thiazole rings is 1. The molecule has 0 spiro atoms. The van der Waals surface area contributed by atoms with Gasteiger partial charge >= 0.3 is 5.97 Å². The van der Waals surface area contributed by atoms with Gasteiger partial charge in [0, 0.05) is 23.8 Å². The van der Waals surface area contributed by atoms with E-state index in [4.69, 9.17) is 0 Å². The Morgan fingerprint density at radius 3 is 2.70 bits per heavy atom. The van der Waals surface area contributed by atoms with Gasteiger partial charge in [0.1, 0.15) is 10.6 Å². The number of hydrogen-bond donors (Lipinski definition) is 3. The summed E-state index contributed by atoms with van der Waals surface area (Å²) in [5.41, 5.74) is 2.78. The van der Waals surface area contributed by atoms with Crippen molar-refractivity contribution in [3.8, 4) is 10.4 Å². The van der Waals surface area contributed by atoms with Gasteiger partial charge in [0.25, 0.3) is 0 Å². The molecule has 1 aromatic carbocycles. The van der Waals surface area contributed by atoms with Crippen LogP contribution in [0.4, 0.5) is 11.6 Å². The Kier molecular flexibility index (Phi) is 6.50. The molecular formula is C25H30N4O3S. The fourth-order valence-corrected chi connectivity index (χ4v) is 5.75. The van der Waals surface area contributed by atoms with Gasteiger partial charge in [0.05, 0.1) is 10.8 Å². The number of carboxylic acid groups (broad SMARTS) is 1. The van der Waals surface area contributed by atoms with Gasteiger partial charge in [-0.15, -0.1) is 11.3 Å². The average Bonchev–Trinajstić information content (AvgIpc) is 3.24. The molecule has 0 saturated heterocycles. The third kappa shape index (κ3) is 5.07. The number of carboxylic acids is 1. The number of nitrogens with one attached hydrogen (secondary N) is 1. The predicted octanol–water partition coefficient (Wildman–Crippen LogP) is 5.31. The Hall–Kier alpha value is -2.84. The van der Waals surface area contributed by atoms with Crippen molar-refractivity contribution in [3.05, 3.63) is 52.9 Å². The summed E-state index contributed by atoms with van der Waals surface area (Å²) in [7, 11) is 0. The number of aliphatic hydroxyl groups is 1. The second-order valence-electron chi connectivity index (χ2n) is 9.34. The number of benzene rings is 1. The van der Waals surface area contributed by atoms with Gasteiger partial charge in [-0.05, 0) is 81.2 Å². The van der Waals surface area contributed by atoms with Crippen molar-refractivity contribution in [2.75, 3.05) is 5.32 Å². The van der Waals surface area contributed by atoms with E-state index in [1.807, 2.05) is 52.1 Å². The van der Waals surface area contributed by atoms with Gasteiger partial charge in [0.15, 0.2) is 0 Å². The van der Waals surface area contributed by atoms with Crippen molar-refractivity contribution in [2.24, 2.45) is 17.8 Å². The molecule has 3 aromatic rings. The molecule has 1 fully saturated rings. The van der Waals surface area contributed by atoms with Crippen molar-refractivity contribution in [1.29, 1.82) is 0 Å². The molecule has 2 heterocycles. The smallest absolute Gasteiger partial charge is 0.306 e. The van der Waals surface area contributed by atoms with E-state index in [2.05, 4.69) is 26.3 Å². The maximum absolute atomic E-state index is 11.5. The second-order valence-corrected chi connectivity index (χ2v) is 10.4. The van der Waals surface area contributed by atoms with Crippen LogP contribution in [-0.4, -0.2) is 31.1 Å². The maximum atomic E-state index is 11.5. The van der Waals surface area contributed by atoms with Crippen molar-refractivity contribution in [1.82, 2.24) is 15.0 Å². The highest BCUT2D eigenvalue weighted by Gasteiger charge is 2.42. The molecule has 174 valence electrons. The highest BCUT2D eigenvalue weighted by atomic mass is 32.1. The van der Waals surface area contributed by atoms with Gasteiger partial charge in [-0.3, -0.25) is 4.79 Å². The largest absolute Gasteiger partial charge is 0.481 e. The summed E-state index contributed by atoms with van der Waals surface area (Å²) >= 11 is 1.48. The molecule has 0 bridgehead atoms. The minimum Gasteiger partial charge on any atom is -0.481 e. The Morgan fingerprint density at radius 1 is 1.21 bits per heavy atom. The number of anilines is 2. The Labute approximate surface area is 198 Å². The van der Waals surface area contributed by atoms with Crippen LogP contribution in [0.3, 0.4) is 0 Å². The zero-order valence-corrected chi connectivity index (χ0v) is 20.2. The van der Waals surface area contributed by atoms with E-state index in [1.165, 1.54) is 11.3 Å². The third-order valence-corrected chi connectivity index (χ3v) is 7.91. The van der Waals surface area contributed by atoms with Crippen LogP contribution in [0.5, 0.6) is 0 Å². The molecule has 1 aliphatic rings. The van der Waals surface area contributed by atoms with Crippen molar-refractivity contribution in [3.63, 3.8) is 0 Å². The van der Waals surface area contributed by atoms with Crippen LogP contribution >= 0.6 is 11.3 Å². The van der Waals surface area contributed by atoms with Gasteiger partial charge < -0.3 is 15.5 Å². The van der Waals surface area contributed by atoms with E-state index in [0.29, 0.717) is 30.2 Å². The van der Waals surface area contributed by atoms with Crippen molar-refractivity contribution >= 4 is 28.9 Å². The molecule has 3 N–H and O–H groups in total. The molecule has 0 radical (unpaired) electrons. The van der Waals surface area contributed by atoms with E-state index < -0.39 is 11.6 Å². The minimum atomic E-state index is -1.10. The van der Waals surface area contributed by atoms with Gasteiger partial charge in [0.2, 0.25) is 5.95 Å². The molecular weight excluding hydrogens is 436 g/mol. The van der Waals surface area contributed by atoms with Crippen LogP contribution in [0.15, 0.2) is 36.7 Å². The molecule has 1 saturated carbocycles. The van der Waals surface area contributed by atoms with E-state index in [1.54, 1.807) is 6.20 Å². The highest BCUT2D eigenvalue weighted by Crippen LogP contribution is 2.45.